The van der Waals surface area contributed by atoms with Gasteiger partial charge in [-0.1, -0.05) is 11.6 Å². The third-order valence-electron chi connectivity index (χ3n) is 2.47. The Balaban J connectivity index is 2.23. The first kappa shape index (κ1) is 10.5. The fraction of sp³-hybridized carbons (Fsp3) is 0.333. The van der Waals surface area contributed by atoms with Gasteiger partial charge < -0.3 is 10.1 Å². The lowest BCUT2D eigenvalue weighted by atomic mass is 10.1. The molecule has 3 heteroatoms. The minimum Gasteiger partial charge on any atom is -0.393 e. The lowest BCUT2D eigenvalue weighted by molar-refractivity contribution is 0.184. The maximum absolute atomic E-state index is 9.20. The standard InChI is InChI=1S/C12H14ClNO/c1-8(15)2-4-11-7-9-6-10(13)3-5-12(9)14-11/h3,5-8,14-15H,2,4H2,1H3/t8-/m0/s1. The number of hydrogen-bond donors (Lipinski definition) is 2. The zero-order valence-electron chi connectivity index (χ0n) is 8.63. The number of H-pyrrole nitrogens is 1. The molecule has 0 saturated heterocycles. The van der Waals surface area contributed by atoms with Crippen LogP contribution in [0.2, 0.25) is 5.02 Å². The van der Waals surface area contributed by atoms with Crippen molar-refractivity contribution in [3.8, 4) is 0 Å². The third kappa shape index (κ3) is 2.52. The molecule has 1 heterocycles. The van der Waals surface area contributed by atoms with Crippen LogP contribution in [0.5, 0.6) is 0 Å². The van der Waals surface area contributed by atoms with E-state index in [0.29, 0.717) is 0 Å². The van der Waals surface area contributed by atoms with Crippen LogP contribution in [0, 0.1) is 0 Å². The summed E-state index contributed by atoms with van der Waals surface area (Å²) < 4.78 is 0. The zero-order valence-corrected chi connectivity index (χ0v) is 9.38. The Morgan fingerprint density at radius 2 is 2.20 bits per heavy atom. The van der Waals surface area contributed by atoms with Crippen molar-refractivity contribution in [3.05, 3.63) is 35.0 Å². The summed E-state index contributed by atoms with van der Waals surface area (Å²) in [4.78, 5) is 3.31. The highest BCUT2D eigenvalue weighted by atomic mass is 35.5. The first-order valence-electron chi connectivity index (χ1n) is 5.10. The van der Waals surface area contributed by atoms with Crippen LogP contribution < -0.4 is 0 Å². The number of benzene rings is 1. The fourth-order valence-corrected chi connectivity index (χ4v) is 1.84. The molecule has 2 rings (SSSR count). The maximum Gasteiger partial charge on any atom is 0.0515 e. The van der Waals surface area contributed by atoms with Crippen LogP contribution in [-0.4, -0.2) is 16.2 Å². The highest BCUT2D eigenvalue weighted by molar-refractivity contribution is 6.31. The average molecular weight is 224 g/mol. The van der Waals surface area contributed by atoms with Gasteiger partial charge in [0.2, 0.25) is 0 Å². The van der Waals surface area contributed by atoms with E-state index in [4.69, 9.17) is 11.6 Å². The third-order valence-corrected chi connectivity index (χ3v) is 2.71. The van der Waals surface area contributed by atoms with E-state index in [1.165, 1.54) is 0 Å². The summed E-state index contributed by atoms with van der Waals surface area (Å²) in [5.41, 5.74) is 2.24. The van der Waals surface area contributed by atoms with Gasteiger partial charge in [0, 0.05) is 21.6 Å². The summed E-state index contributed by atoms with van der Waals surface area (Å²) in [5, 5.41) is 11.1. The van der Waals surface area contributed by atoms with Crippen molar-refractivity contribution in [2.24, 2.45) is 0 Å². The van der Waals surface area contributed by atoms with Gasteiger partial charge in [-0.3, -0.25) is 0 Å². The number of aromatic nitrogens is 1. The van der Waals surface area contributed by atoms with Crippen LogP contribution in [0.4, 0.5) is 0 Å². The van der Waals surface area contributed by atoms with Crippen molar-refractivity contribution in [1.29, 1.82) is 0 Å². The number of nitrogens with one attached hydrogen (secondary N) is 1. The predicted octanol–water partition coefficient (Wildman–Crippen LogP) is 3.13. The van der Waals surface area contributed by atoms with Crippen LogP contribution in [0.1, 0.15) is 19.0 Å². The van der Waals surface area contributed by atoms with Crippen LogP contribution >= 0.6 is 11.6 Å². The quantitative estimate of drug-likeness (QED) is 0.824. The second-order valence-electron chi connectivity index (χ2n) is 3.91. The number of aryl methyl sites for hydroxylation is 1. The van der Waals surface area contributed by atoms with Crippen molar-refractivity contribution in [1.82, 2.24) is 4.98 Å². The van der Waals surface area contributed by atoms with E-state index >= 15 is 0 Å². The topological polar surface area (TPSA) is 36.0 Å². The molecule has 0 aliphatic rings. The van der Waals surface area contributed by atoms with Gasteiger partial charge in [-0.2, -0.15) is 0 Å². The number of aromatic amines is 1. The summed E-state index contributed by atoms with van der Waals surface area (Å²) in [7, 11) is 0. The van der Waals surface area contributed by atoms with Crippen LogP contribution in [0.15, 0.2) is 24.3 Å². The summed E-state index contributed by atoms with van der Waals surface area (Å²) in [6.07, 6.45) is 1.39. The molecule has 15 heavy (non-hydrogen) atoms. The van der Waals surface area contributed by atoms with Crippen molar-refractivity contribution in [3.63, 3.8) is 0 Å². The molecule has 2 aromatic rings. The molecule has 0 radical (unpaired) electrons. The Hall–Kier alpha value is -0.990. The Morgan fingerprint density at radius 1 is 1.40 bits per heavy atom. The molecule has 1 atom stereocenters. The lowest BCUT2D eigenvalue weighted by Crippen LogP contribution is -2.01. The molecule has 1 aromatic heterocycles. The summed E-state index contributed by atoms with van der Waals surface area (Å²) >= 11 is 5.90. The number of fused-ring (bicyclic) bond motifs is 1. The predicted molar refractivity (Wildman–Crippen MR) is 63.3 cm³/mol. The van der Waals surface area contributed by atoms with Gasteiger partial charge in [-0.05, 0) is 44.0 Å². The minimum absolute atomic E-state index is 0.250. The monoisotopic (exact) mass is 223 g/mol. The average Bonchev–Trinajstić information content (AvgIpc) is 2.56. The highest BCUT2D eigenvalue weighted by Crippen LogP contribution is 2.20. The molecule has 0 unspecified atom stereocenters. The molecule has 0 fully saturated rings. The largest absolute Gasteiger partial charge is 0.393 e. The molecule has 0 aliphatic carbocycles. The van der Waals surface area contributed by atoms with Crippen LogP contribution in [-0.2, 0) is 6.42 Å². The SMILES string of the molecule is C[C@H](O)CCc1cc2cc(Cl)ccc2[nH]1. The Kier molecular flexibility index (Phi) is 2.98. The number of halogens is 1. The normalized spacial score (nSPS) is 13.3. The Labute approximate surface area is 93.9 Å². The molecule has 0 spiro atoms. The smallest absolute Gasteiger partial charge is 0.0515 e. The Morgan fingerprint density at radius 3 is 2.93 bits per heavy atom. The molecule has 0 amide bonds. The van der Waals surface area contributed by atoms with Crippen molar-refractivity contribution in [2.45, 2.75) is 25.9 Å². The van der Waals surface area contributed by atoms with E-state index in [-0.39, 0.29) is 6.10 Å². The first-order chi connectivity index (χ1) is 7.15. The minimum atomic E-state index is -0.250. The lowest BCUT2D eigenvalue weighted by Gasteiger charge is -2.00. The van der Waals surface area contributed by atoms with Crippen LogP contribution in [0.3, 0.4) is 0 Å². The molecule has 1 aromatic carbocycles. The molecule has 0 bridgehead atoms. The molecule has 0 aliphatic heterocycles. The van der Waals surface area contributed by atoms with Gasteiger partial charge in [0.25, 0.3) is 0 Å². The fourth-order valence-electron chi connectivity index (χ4n) is 1.66. The number of aliphatic hydroxyl groups is 1. The number of hydrogen-bond acceptors (Lipinski definition) is 1. The van der Waals surface area contributed by atoms with Crippen molar-refractivity contribution < 1.29 is 5.11 Å². The van der Waals surface area contributed by atoms with Gasteiger partial charge in [-0.25, -0.2) is 0 Å². The maximum atomic E-state index is 9.20. The van der Waals surface area contributed by atoms with Crippen molar-refractivity contribution in [2.75, 3.05) is 0 Å². The van der Waals surface area contributed by atoms with E-state index in [1.54, 1.807) is 6.92 Å². The molecular weight excluding hydrogens is 210 g/mol. The molecule has 2 N–H and O–H groups in total. The molecule has 0 saturated carbocycles. The van der Waals surface area contributed by atoms with E-state index < -0.39 is 0 Å². The molecule has 80 valence electrons. The zero-order chi connectivity index (χ0) is 10.8. The van der Waals surface area contributed by atoms with Gasteiger partial charge in [-0.15, -0.1) is 0 Å². The molecular formula is C12H14ClNO. The Bertz CT molecular complexity index is 462. The van der Waals surface area contributed by atoms with Crippen LogP contribution in [0.25, 0.3) is 10.9 Å². The van der Waals surface area contributed by atoms with E-state index in [1.807, 2.05) is 18.2 Å². The van der Waals surface area contributed by atoms with Gasteiger partial charge in [0.15, 0.2) is 0 Å². The number of aliphatic hydroxyl groups excluding tert-OH is 1. The van der Waals surface area contributed by atoms with Crippen molar-refractivity contribution >= 4 is 22.5 Å². The van der Waals surface area contributed by atoms with E-state index in [0.717, 1.165) is 34.5 Å². The second-order valence-corrected chi connectivity index (χ2v) is 4.35. The van der Waals surface area contributed by atoms with Gasteiger partial charge in [0.1, 0.15) is 0 Å². The first-order valence-corrected chi connectivity index (χ1v) is 5.48. The van der Waals surface area contributed by atoms with Gasteiger partial charge in [0.05, 0.1) is 6.10 Å². The molecule has 2 nitrogen and oxygen atoms in total. The summed E-state index contributed by atoms with van der Waals surface area (Å²) in [5.74, 6) is 0. The summed E-state index contributed by atoms with van der Waals surface area (Å²) in [6.45, 7) is 1.81. The summed E-state index contributed by atoms with van der Waals surface area (Å²) in [6, 6.07) is 7.88. The highest BCUT2D eigenvalue weighted by Gasteiger charge is 2.03. The van der Waals surface area contributed by atoms with E-state index in [9.17, 15) is 5.11 Å². The van der Waals surface area contributed by atoms with Gasteiger partial charge >= 0.3 is 0 Å². The second kappa shape index (κ2) is 4.25. The number of rotatable bonds is 3. The van der Waals surface area contributed by atoms with E-state index in [2.05, 4.69) is 11.1 Å².